The average molecular weight is 241 g/mol. The lowest BCUT2D eigenvalue weighted by atomic mass is 9.92. The highest BCUT2D eigenvalue weighted by Gasteiger charge is 2.26. The molecule has 17 heavy (non-hydrogen) atoms. The maximum Gasteiger partial charge on any atom is 0.0590 e. The van der Waals surface area contributed by atoms with Gasteiger partial charge in [0.1, 0.15) is 0 Å². The minimum atomic E-state index is 0.323. The molecule has 0 aromatic carbocycles. The van der Waals surface area contributed by atoms with Crippen molar-refractivity contribution in [2.45, 2.75) is 57.6 Å². The molecule has 100 valence electrons. The predicted octanol–water partition coefficient (Wildman–Crippen LogP) is 2.04. The second kappa shape index (κ2) is 6.72. The van der Waals surface area contributed by atoms with Crippen molar-refractivity contribution in [1.82, 2.24) is 4.90 Å². The van der Waals surface area contributed by atoms with Gasteiger partial charge in [0.05, 0.1) is 12.7 Å². The Balaban J connectivity index is 1.70. The van der Waals surface area contributed by atoms with Crippen LogP contribution in [0.1, 0.15) is 45.4 Å². The molecule has 2 aliphatic rings. The first kappa shape index (κ1) is 13.3. The van der Waals surface area contributed by atoms with E-state index in [0.29, 0.717) is 18.8 Å². The molecule has 0 saturated carbocycles. The normalized spacial score (nSPS) is 35.3. The lowest BCUT2D eigenvalue weighted by molar-refractivity contribution is -0.0197. The fourth-order valence-corrected chi connectivity index (χ4v) is 3.24. The number of aliphatic hydroxyl groups excluding tert-OH is 1. The first-order valence-electron chi connectivity index (χ1n) is 7.30. The van der Waals surface area contributed by atoms with Gasteiger partial charge < -0.3 is 9.84 Å². The molecule has 2 rings (SSSR count). The van der Waals surface area contributed by atoms with Gasteiger partial charge in [-0.05, 0) is 44.6 Å². The van der Waals surface area contributed by atoms with Crippen molar-refractivity contribution in [3.63, 3.8) is 0 Å². The summed E-state index contributed by atoms with van der Waals surface area (Å²) < 4.78 is 5.85. The first-order chi connectivity index (χ1) is 8.33. The molecule has 0 spiro atoms. The second-order valence-corrected chi connectivity index (χ2v) is 5.59. The summed E-state index contributed by atoms with van der Waals surface area (Å²) >= 11 is 0. The van der Waals surface area contributed by atoms with Crippen LogP contribution in [0.25, 0.3) is 0 Å². The van der Waals surface area contributed by atoms with Gasteiger partial charge in [-0.1, -0.05) is 13.3 Å². The van der Waals surface area contributed by atoms with Crippen LogP contribution in [0, 0.1) is 5.92 Å². The number of hydrogen-bond acceptors (Lipinski definition) is 3. The van der Waals surface area contributed by atoms with Crippen LogP contribution in [-0.2, 0) is 4.74 Å². The number of aliphatic hydroxyl groups is 1. The van der Waals surface area contributed by atoms with E-state index in [2.05, 4.69) is 11.8 Å². The van der Waals surface area contributed by atoms with E-state index in [0.717, 1.165) is 32.0 Å². The quantitative estimate of drug-likeness (QED) is 0.799. The molecule has 2 heterocycles. The van der Waals surface area contributed by atoms with Gasteiger partial charge >= 0.3 is 0 Å². The van der Waals surface area contributed by atoms with Crippen LogP contribution in [0.5, 0.6) is 0 Å². The standard InChI is InChI=1S/C14H27NO2/c1-2-12-6-9-17-14(10-12)5-8-15-7-3-4-13(15)11-16/h12-14,16H,2-11H2,1H3. The van der Waals surface area contributed by atoms with Crippen molar-refractivity contribution in [2.24, 2.45) is 5.92 Å². The van der Waals surface area contributed by atoms with E-state index in [4.69, 9.17) is 4.74 Å². The van der Waals surface area contributed by atoms with E-state index in [-0.39, 0.29) is 0 Å². The fraction of sp³-hybridized carbons (Fsp3) is 1.00. The summed E-state index contributed by atoms with van der Waals surface area (Å²) in [7, 11) is 0. The largest absolute Gasteiger partial charge is 0.395 e. The van der Waals surface area contributed by atoms with Gasteiger partial charge in [-0.2, -0.15) is 0 Å². The summed E-state index contributed by atoms with van der Waals surface area (Å²) in [5.74, 6) is 0.876. The van der Waals surface area contributed by atoms with E-state index >= 15 is 0 Å². The van der Waals surface area contributed by atoms with E-state index in [1.54, 1.807) is 0 Å². The second-order valence-electron chi connectivity index (χ2n) is 5.59. The van der Waals surface area contributed by atoms with E-state index in [1.165, 1.54) is 32.1 Å². The Morgan fingerprint density at radius 1 is 1.35 bits per heavy atom. The third-order valence-corrected chi connectivity index (χ3v) is 4.50. The summed E-state index contributed by atoms with van der Waals surface area (Å²) in [5, 5.41) is 9.28. The number of rotatable bonds is 5. The van der Waals surface area contributed by atoms with Gasteiger partial charge in [-0.25, -0.2) is 0 Å². The summed E-state index contributed by atoms with van der Waals surface area (Å²) in [5.41, 5.74) is 0. The van der Waals surface area contributed by atoms with Crippen molar-refractivity contribution in [3.8, 4) is 0 Å². The van der Waals surface area contributed by atoms with Crippen molar-refractivity contribution >= 4 is 0 Å². The van der Waals surface area contributed by atoms with Gasteiger partial charge in [0.2, 0.25) is 0 Å². The van der Waals surface area contributed by atoms with E-state index in [1.807, 2.05) is 0 Å². The molecule has 0 aromatic rings. The Kier molecular flexibility index (Phi) is 5.26. The molecule has 0 aromatic heterocycles. The molecule has 2 aliphatic heterocycles. The van der Waals surface area contributed by atoms with Crippen LogP contribution in [0.15, 0.2) is 0 Å². The molecule has 0 bridgehead atoms. The predicted molar refractivity (Wildman–Crippen MR) is 69.1 cm³/mol. The molecule has 0 aliphatic carbocycles. The topological polar surface area (TPSA) is 32.7 Å². The highest BCUT2D eigenvalue weighted by atomic mass is 16.5. The third kappa shape index (κ3) is 3.67. The van der Waals surface area contributed by atoms with Crippen LogP contribution >= 0.6 is 0 Å². The number of nitrogens with zero attached hydrogens (tertiary/aromatic N) is 1. The minimum absolute atomic E-state index is 0.323. The number of ether oxygens (including phenoxy) is 1. The lowest BCUT2D eigenvalue weighted by Gasteiger charge is -2.31. The lowest BCUT2D eigenvalue weighted by Crippen LogP contribution is -2.36. The van der Waals surface area contributed by atoms with Crippen LogP contribution in [0.4, 0.5) is 0 Å². The maximum absolute atomic E-state index is 9.28. The van der Waals surface area contributed by atoms with Crippen LogP contribution < -0.4 is 0 Å². The summed E-state index contributed by atoms with van der Waals surface area (Å²) in [4.78, 5) is 2.44. The smallest absolute Gasteiger partial charge is 0.0590 e. The molecule has 3 atom stereocenters. The molecular weight excluding hydrogens is 214 g/mol. The van der Waals surface area contributed by atoms with E-state index < -0.39 is 0 Å². The van der Waals surface area contributed by atoms with Crippen molar-refractivity contribution in [2.75, 3.05) is 26.3 Å². The Morgan fingerprint density at radius 3 is 3.00 bits per heavy atom. The average Bonchev–Trinajstić information content (AvgIpc) is 2.84. The third-order valence-electron chi connectivity index (χ3n) is 4.50. The Bertz CT molecular complexity index is 222. The Hall–Kier alpha value is -0.120. The zero-order valence-corrected chi connectivity index (χ0v) is 11.1. The molecule has 1 N–H and O–H groups in total. The number of hydrogen-bond donors (Lipinski definition) is 1. The van der Waals surface area contributed by atoms with Crippen LogP contribution in [-0.4, -0.2) is 48.5 Å². The summed E-state index contributed by atoms with van der Waals surface area (Å²) in [6.07, 6.45) is 7.81. The van der Waals surface area contributed by atoms with E-state index in [9.17, 15) is 5.11 Å². The molecule has 3 nitrogen and oxygen atoms in total. The summed E-state index contributed by atoms with van der Waals surface area (Å²) in [6.45, 7) is 5.83. The summed E-state index contributed by atoms with van der Waals surface area (Å²) in [6, 6.07) is 0.417. The van der Waals surface area contributed by atoms with Crippen LogP contribution in [0.3, 0.4) is 0 Å². The molecule has 0 radical (unpaired) electrons. The monoisotopic (exact) mass is 241 g/mol. The molecule has 2 fully saturated rings. The molecule has 0 amide bonds. The highest BCUT2D eigenvalue weighted by Crippen LogP contribution is 2.25. The maximum atomic E-state index is 9.28. The Morgan fingerprint density at radius 2 is 2.24 bits per heavy atom. The SMILES string of the molecule is CCC1CCOC(CCN2CCCC2CO)C1. The molecule has 2 saturated heterocycles. The van der Waals surface area contributed by atoms with Gasteiger partial charge in [0, 0.05) is 19.2 Å². The fourth-order valence-electron chi connectivity index (χ4n) is 3.24. The zero-order valence-electron chi connectivity index (χ0n) is 11.1. The van der Waals surface area contributed by atoms with Gasteiger partial charge in [0.25, 0.3) is 0 Å². The van der Waals surface area contributed by atoms with Crippen molar-refractivity contribution in [1.29, 1.82) is 0 Å². The van der Waals surface area contributed by atoms with Gasteiger partial charge in [-0.15, -0.1) is 0 Å². The van der Waals surface area contributed by atoms with Gasteiger partial charge in [-0.3, -0.25) is 4.90 Å². The number of likely N-dealkylation sites (tertiary alicyclic amines) is 1. The zero-order chi connectivity index (χ0) is 12.1. The van der Waals surface area contributed by atoms with Gasteiger partial charge in [0.15, 0.2) is 0 Å². The first-order valence-corrected chi connectivity index (χ1v) is 7.30. The Labute approximate surface area is 105 Å². The highest BCUT2D eigenvalue weighted by molar-refractivity contribution is 4.80. The van der Waals surface area contributed by atoms with Crippen molar-refractivity contribution < 1.29 is 9.84 Å². The van der Waals surface area contributed by atoms with Crippen LogP contribution in [0.2, 0.25) is 0 Å². The molecule has 3 heteroatoms. The molecule has 3 unspecified atom stereocenters. The minimum Gasteiger partial charge on any atom is -0.395 e. The molecular formula is C14H27NO2. The van der Waals surface area contributed by atoms with Crippen molar-refractivity contribution in [3.05, 3.63) is 0 Å².